The van der Waals surface area contributed by atoms with E-state index in [1.54, 1.807) is 4.90 Å². The third-order valence-electron chi connectivity index (χ3n) is 4.03. The molecule has 0 aliphatic carbocycles. The molecule has 110 valence electrons. The Morgan fingerprint density at radius 3 is 2.63 bits per heavy atom. The van der Waals surface area contributed by atoms with Gasteiger partial charge in [-0.25, -0.2) is 8.42 Å². The van der Waals surface area contributed by atoms with E-state index in [1.807, 2.05) is 6.92 Å². The molecule has 2 heterocycles. The zero-order chi connectivity index (χ0) is 14.2. The Labute approximate surface area is 115 Å². The molecular weight excluding hydrogens is 264 g/mol. The minimum absolute atomic E-state index is 0.0155. The van der Waals surface area contributed by atoms with E-state index in [0.29, 0.717) is 18.9 Å². The molecule has 1 N–H and O–H groups in total. The van der Waals surface area contributed by atoms with E-state index in [9.17, 15) is 13.2 Å². The van der Waals surface area contributed by atoms with Crippen molar-refractivity contribution in [3.8, 4) is 0 Å². The van der Waals surface area contributed by atoms with Crippen LogP contribution in [0.5, 0.6) is 0 Å². The number of rotatable bonds is 4. The van der Waals surface area contributed by atoms with E-state index in [-0.39, 0.29) is 29.1 Å². The third kappa shape index (κ3) is 3.11. The summed E-state index contributed by atoms with van der Waals surface area (Å²) in [4.78, 5) is 13.9. The lowest BCUT2D eigenvalue weighted by atomic mass is 10.1. The largest absolute Gasteiger partial charge is 0.324 e. The Hall–Kier alpha value is -0.620. The molecule has 5 nitrogen and oxygen atoms in total. The topological polar surface area (TPSA) is 66.5 Å². The number of hydrogen-bond acceptors (Lipinski definition) is 4. The Morgan fingerprint density at radius 2 is 2.11 bits per heavy atom. The highest BCUT2D eigenvalue weighted by molar-refractivity contribution is 7.92. The second-order valence-corrected chi connectivity index (χ2v) is 8.56. The Kier molecular flexibility index (Phi) is 4.20. The monoisotopic (exact) mass is 288 g/mol. The van der Waals surface area contributed by atoms with Gasteiger partial charge in [0, 0.05) is 6.54 Å². The normalized spacial score (nSPS) is 34.4. The lowest BCUT2D eigenvalue weighted by Gasteiger charge is -2.27. The van der Waals surface area contributed by atoms with Gasteiger partial charge in [0.15, 0.2) is 9.84 Å². The second-order valence-electron chi connectivity index (χ2n) is 6.16. The maximum Gasteiger partial charge on any atom is 0.240 e. The lowest BCUT2D eigenvalue weighted by molar-refractivity contribution is -0.129. The van der Waals surface area contributed by atoms with Crippen LogP contribution < -0.4 is 5.32 Å². The summed E-state index contributed by atoms with van der Waals surface area (Å²) < 4.78 is 23.8. The molecule has 3 unspecified atom stereocenters. The zero-order valence-corrected chi connectivity index (χ0v) is 12.7. The van der Waals surface area contributed by atoms with E-state index in [2.05, 4.69) is 19.2 Å². The van der Waals surface area contributed by atoms with Crippen LogP contribution in [-0.4, -0.2) is 49.0 Å². The summed E-state index contributed by atoms with van der Waals surface area (Å²) in [5, 5.41) is 2.91. The number of nitrogens with one attached hydrogen (secondary N) is 1. The molecular formula is C13H24N2O3S. The van der Waals surface area contributed by atoms with Crippen LogP contribution in [0.15, 0.2) is 0 Å². The second kappa shape index (κ2) is 5.40. The molecule has 2 fully saturated rings. The van der Waals surface area contributed by atoms with Gasteiger partial charge in [-0.2, -0.15) is 0 Å². The first-order valence-corrected chi connectivity index (χ1v) is 8.81. The van der Waals surface area contributed by atoms with Crippen LogP contribution in [0.25, 0.3) is 0 Å². The van der Waals surface area contributed by atoms with Crippen LogP contribution in [0.3, 0.4) is 0 Å². The average Bonchev–Trinajstić information content (AvgIpc) is 2.73. The molecule has 0 saturated carbocycles. The van der Waals surface area contributed by atoms with Gasteiger partial charge >= 0.3 is 0 Å². The highest BCUT2D eigenvalue weighted by Gasteiger charge is 2.41. The smallest absolute Gasteiger partial charge is 0.240 e. The molecule has 0 aromatic heterocycles. The van der Waals surface area contributed by atoms with Crippen molar-refractivity contribution >= 4 is 15.7 Å². The minimum Gasteiger partial charge on any atom is -0.324 e. The Morgan fingerprint density at radius 1 is 1.42 bits per heavy atom. The van der Waals surface area contributed by atoms with Gasteiger partial charge in [-0.15, -0.1) is 0 Å². The SMILES string of the molecule is CC(C)CC1NC(C)C(=O)N1CC1CCCS1(=O)=O. The molecule has 2 aliphatic rings. The molecule has 0 radical (unpaired) electrons. The summed E-state index contributed by atoms with van der Waals surface area (Å²) in [6, 6.07) is -0.201. The maximum absolute atomic E-state index is 12.2. The van der Waals surface area contributed by atoms with Gasteiger partial charge in [0.25, 0.3) is 0 Å². The van der Waals surface area contributed by atoms with Gasteiger partial charge in [0.05, 0.1) is 23.2 Å². The molecule has 0 bridgehead atoms. The first-order chi connectivity index (χ1) is 8.81. The molecule has 3 atom stereocenters. The molecule has 0 aromatic carbocycles. The number of sulfone groups is 1. The summed E-state index contributed by atoms with van der Waals surface area (Å²) in [7, 11) is -2.99. The first-order valence-electron chi connectivity index (χ1n) is 7.09. The van der Waals surface area contributed by atoms with Crippen molar-refractivity contribution < 1.29 is 13.2 Å². The van der Waals surface area contributed by atoms with Crippen molar-refractivity contribution in [1.29, 1.82) is 0 Å². The fourth-order valence-electron chi connectivity index (χ4n) is 2.99. The van der Waals surface area contributed by atoms with Crippen molar-refractivity contribution in [3.63, 3.8) is 0 Å². The summed E-state index contributed by atoms with van der Waals surface area (Å²) in [6.45, 7) is 6.42. The number of hydrogen-bond donors (Lipinski definition) is 1. The predicted octanol–water partition coefficient (Wildman–Crippen LogP) is 0.756. The summed E-state index contributed by atoms with van der Waals surface area (Å²) in [5.74, 6) is 0.781. The highest BCUT2D eigenvalue weighted by Crippen LogP contribution is 2.25. The minimum atomic E-state index is -2.99. The molecule has 0 aromatic rings. The van der Waals surface area contributed by atoms with Crippen LogP contribution in [0.2, 0.25) is 0 Å². The molecule has 6 heteroatoms. The standard InChI is InChI=1S/C13H24N2O3S/c1-9(2)7-12-14-10(3)13(16)15(12)8-11-5-4-6-19(11,17)18/h9-12,14H,4-8H2,1-3H3. The summed E-state index contributed by atoms with van der Waals surface area (Å²) >= 11 is 0. The predicted molar refractivity (Wildman–Crippen MR) is 74.4 cm³/mol. The molecule has 1 amide bonds. The number of amides is 1. The van der Waals surface area contributed by atoms with Crippen molar-refractivity contribution in [3.05, 3.63) is 0 Å². The van der Waals surface area contributed by atoms with Gasteiger partial charge in [0.2, 0.25) is 5.91 Å². The number of carbonyl (C=O) groups is 1. The van der Waals surface area contributed by atoms with E-state index >= 15 is 0 Å². The van der Waals surface area contributed by atoms with E-state index in [1.165, 1.54) is 0 Å². The number of carbonyl (C=O) groups excluding carboxylic acids is 1. The fourth-order valence-corrected chi connectivity index (χ4v) is 4.81. The molecule has 2 aliphatic heterocycles. The van der Waals surface area contributed by atoms with Crippen molar-refractivity contribution in [2.75, 3.05) is 12.3 Å². The molecule has 19 heavy (non-hydrogen) atoms. The van der Waals surface area contributed by atoms with Crippen molar-refractivity contribution in [1.82, 2.24) is 10.2 Å². The molecule has 2 rings (SSSR count). The fraction of sp³-hybridized carbons (Fsp3) is 0.923. The average molecular weight is 288 g/mol. The lowest BCUT2D eigenvalue weighted by Crippen LogP contribution is -2.43. The quantitative estimate of drug-likeness (QED) is 0.829. The maximum atomic E-state index is 12.2. The van der Waals surface area contributed by atoms with E-state index in [4.69, 9.17) is 0 Å². The molecule has 2 saturated heterocycles. The van der Waals surface area contributed by atoms with Crippen molar-refractivity contribution in [2.45, 2.75) is 57.5 Å². The van der Waals surface area contributed by atoms with Gasteiger partial charge in [0.1, 0.15) is 0 Å². The van der Waals surface area contributed by atoms with Crippen LogP contribution in [0.4, 0.5) is 0 Å². The Balaban J connectivity index is 2.09. The van der Waals surface area contributed by atoms with Gasteiger partial charge in [-0.05, 0) is 32.1 Å². The van der Waals surface area contributed by atoms with Gasteiger partial charge in [-0.3, -0.25) is 10.1 Å². The third-order valence-corrected chi connectivity index (χ3v) is 6.29. The number of nitrogens with zero attached hydrogens (tertiary/aromatic N) is 1. The first kappa shape index (κ1) is 14.8. The van der Waals surface area contributed by atoms with Gasteiger partial charge in [-0.1, -0.05) is 13.8 Å². The van der Waals surface area contributed by atoms with E-state index in [0.717, 1.165) is 12.8 Å². The Bertz CT molecular complexity index is 447. The highest BCUT2D eigenvalue weighted by atomic mass is 32.2. The summed E-state index contributed by atoms with van der Waals surface area (Å²) in [5.41, 5.74) is 0. The zero-order valence-electron chi connectivity index (χ0n) is 11.9. The van der Waals surface area contributed by atoms with Crippen LogP contribution in [0.1, 0.15) is 40.0 Å². The van der Waals surface area contributed by atoms with Crippen molar-refractivity contribution in [2.24, 2.45) is 5.92 Å². The van der Waals surface area contributed by atoms with Crippen LogP contribution in [0, 0.1) is 5.92 Å². The van der Waals surface area contributed by atoms with Gasteiger partial charge < -0.3 is 4.90 Å². The molecule has 0 spiro atoms. The van der Waals surface area contributed by atoms with Crippen LogP contribution in [-0.2, 0) is 14.6 Å². The van der Waals surface area contributed by atoms with E-state index < -0.39 is 9.84 Å². The van der Waals surface area contributed by atoms with Crippen LogP contribution >= 0.6 is 0 Å². The summed E-state index contributed by atoms with van der Waals surface area (Å²) in [6.07, 6.45) is 2.27.